The number of carbonyl (C=O) groups is 2. The van der Waals surface area contributed by atoms with Crippen molar-refractivity contribution in [2.24, 2.45) is 0 Å². The third-order valence-corrected chi connectivity index (χ3v) is 7.52. The molecule has 2 aromatic rings. The zero-order valence-corrected chi connectivity index (χ0v) is 20.7. The minimum atomic E-state index is -0.277. The van der Waals surface area contributed by atoms with Gasteiger partial charge in [0.2, 0.25) is 0 Å². The number of hydrogen-bond donors (Lipinski definition) is 4. The number of fused-ring (bicyclic) bond motifs is 2. The molecular weight excluding hydrogens is 456 g/mol. The van der Waals surface area contributed by atoms with Crippen LogP contribution in [0.4, 0.5) is 11.4 Å². The maximum Gasteiger partial charge on any atom is 0.196 e. The summed E-state index contributed by atoms with van der Waals surface area (Å²) >= 11 is 0. The van der Waals surface area contributed by atoms with E-state index in [4.69, 9.17) is 0 Å². The van der Waals surface area contributed by atoms with Gasteiger partial charge in [0.15, 0.2) is 11.6 Å². The normalized spacial score (nSPS) is 22.7. The standard InChI is InChI=1S/C28H36N4O4/c33-19-5-3-13-31(17-19)15-11-29-23-9-10-24(30-12-16-32-14-4-6-20(34)18-32)26-25(23)27(35)21-7-1-2-8-22(21)28(26)36/h1-2,7-10,19-20,29-30,33-34H,3-6,11-18H2. The van der Waals surface area contributed by atoms with Crippen LogP contribution in [0.15, 0.2) is 36.4 Å². The molecule has 3 aliphatic rings. The first-order valence-corrected chi connectivity index (χ1v) is 13.2. The molecule has 0 aromatic heterocycles. The number of piperidine rings is 2. The van der Waals surface area contributed by atoms with E-state index in [1.807, 2.05) is 12.1 Å². The Morgan fingerprint density at radius 2 is 1.17 bits per heavy atom. The van der Waals surface area contributed by atoms with Crippen molar-refractivity contribution >= 4 is 22.9 Å². The molecule has 2 saturated heterocycles. The molecule has 192 valence electrons. The monoisotopic (exact) mass is 492 g/mol. The molecule has 8 nitrogen and oxygen atoms in total. The molecule has 0 spiro atoms. The molecule has 0 bridgehead atoms. The molecule has 0 saturated carbocycles. The summed E-state index contributed by atoms with van der Waals surface area (Å²) in [5.41, 5.74) is 3.07. The van der Waals surface area contributed by atoms with Gasteiger partial charge in [-0.2, -0.15) is 0 Å². The third-order valence-electron chi connectivity index (χ3n) is 7.52. The van der Waals surface area contributed by atoms with Crippen LogP contribution < -0.4 is 10.6 Å². The second-order valence-electron chi connectivity index (χ2n) is 10.2. The van der Waals surface area contributed by atoms with E-state index in [-0.39, 0.29) is 23.8 Å². The van der Waals surface area contributed by atoms with Crippen LogP contribution in [0.3, 0.4) is 0 Å². The molecule has 4 N–H and O–H groups in total. The lowest BCUT2D eigenvalue weighted by Crippen LogP contribution is -2.40. The first-order chi connectivity index (χ1) is 17.5. The summed E-state index contributed by atoms with van der Waals surface area (Å²) in [7, 11) is 0. The average Bonchev–Trinajstić information content (AvgIpc) is 2.88. The van der Waals surface area contributed by atoms with Gasteiger partial charge in [0.1, 0.15) is 0 Å². The Labute approximate surface area is 212 Å². The molecular formula is C28H36N4O4. The molecule has 5 rings (SSSR count). The van der Waals surface area contributed by atoms with Gasteiger partial charge in [-0.05, 0) is 50.9 Å². The van der Waals surface area contributed by atoms with Crippen molar-refractivity contribution in [3.63, 3.8) is 0 Å². The fraction of sp³-hybridized carbons (Fsp3) is 0.500. The SMILES string of the molecule is O=C1c2ccccc2C(=O)c2c(NCCN3CCCC(O)C3)ccc(NCCN3CCCC(O)C3)c21. The number of aliphatic hydroxyl groups is 2. The maximum atomic E-state index is 13.6. The Morgan fingerprint density at radius 1 is 0.722 bits per heavy atom. The minimum Gasteiger partial charge on any atom is -0.392 e. The van der Waals surface area contributed by atoms with Gasteiger partial charge in [0.05, 0.1) is 23.3 Å². The lowest BCUT2D eigenvalue weighted by Gasteiger charge is -2.31. The fourth-order valence-corrected chi connectivity index (χ4v) is 5.68. The molecule has 8 heteroatoms. The number of nitrogens with one attached hydrogen (secondary N) is 2. The number of anilines is 2. The van der Waals surface area contributed by atoms with E-state index in [9.17, 15) is 19.8 Å². The minimum absolute atomic E-state index is 0.140. The van der Waals surface area contributed by atoms with Gasteiger partial charge in [0.25, 0.3) is 0 Å². The van der Waals surface area contributed by atoms with Crippen molar-refractivity contribution in [3.05, 3.63) is 58.7 Å². The Morgan fingerprint density at radius 3 is 1.58 bits per heavy atom. The smallest absolute Gasteiger partial charge is 0.196 e. The van der Waals surface area contributed by atoms with Gasteiger partial charge in [-0.1, -0.05) is 24.3 Å². The molecule has 2 atom stereocenters. The summed E-state index contributed by atoms with van der Waals surface area (Å²) in [6.07, 6.45) is 3.11. The van der Waals surface area contributed by atoms with Crippen LogP contribution in [0.5, 0.6) is 0 Å². The van der Waals surface area contributed by atoms with E-state index in [1.165, 1.54) is 0 Å². The molecule has 2 heterocycles. The number of benzene rings is 2. The predicted molar refractivity (Wildman–Crippen MR) is 140 cm³/mol. The van der Waals surface area contributed by atoms with Crippen molar-refractivity contribution < 1.29 is 19.8 Å². The summed E-state index contributed by atoms with van der Waals surface area (Å²) in [5.74, 6) is -0.280. The van der Waals surface area contributed by atoms with Crippen LogP contribution in [-0.2, 0) is 0 Å². The van der Waals surface area contributed by atoms with E-state index in [0.717, 1.165) is 51.9 Å². The van der Waals surface area contributed by atoms with Crippen LogP contribution in [-0.4, -0.2) is 96.1 Å². The summed E-state index contributed by atoms with van der Waals surface area (Å²) in [6, 6.07) is 10.8. The number of hydrogen-bond acceptors (Lipinski definition) is 8. The highest BCUT2D eigenvalue weighted by Gasteiger charge is 2.34. The second kappa shape index (κ2) is 11.1. The van der Waals surface area contributed by atoms with Crippen LogP contribution in [0.1, 0.15) is 57.5 Å². The number of nitrogens with zero attached hydrogens (tertiary/aromatic N) is 2. The molecule has 36 heavy (non-hydrogen) atoms. The molecule has 1 aliphatic carbocycles. The quantitative estimate of drug-likeness (QED) is 0.379. The lowest BCUT2D eigenvalue weighted by molar-refractivity contribution is 0.0727. The predicted octanol–water partition coefficient (Wildman–Crippen LogP) is 2.20. The summed E-state index contributed by atoms with van der Waals surface area (Å²) in [5, 5.41) is 26.7. The summed E-state index contributed by atoms with van der Waals surface area (Å²) in [6.45, 7) is 6.00. The van der Waals surface area contributed by atoms with E-state index in [2.05, 4.69) is 20.4 Å². The highest BCUT2D eigenvalue weighted by atomic mass is 16.3. The van der Waals surface area contributed by atoms with Crippen LogP contribution in [0, 0.1) is 0 Å². The van der Waals surface area contributed by atoms with Gasteiger partial charge in [-0.25, -0.2) is 0 Å². The molecule has 2 fully saturated rings. The summed E-state index contributed by atoms with van der Waals surface area (Å²) < 4.78 is 0. The van der Waals surface area contributed by atoms with Gasteiger partial charge >= 0.3 is 0 Å². The van der Waals surface area contributed by atoms with Gasteiger partial charge in [0, 0.05) is 61.8 Å². The molecule has 0 radical (unpaired) electrons. The number of carbonyl (C=O) groups excluding carboxylic acids is 2. The van der Waals surface area contributed by atoms with E-state index < -0.39 is 0 Å². The Bertz CT molecular complexity index is 1030. The van der Waals surface area contributed by atoms with Gasteiger partial charge < -0.3 is 20.8 Å². The second-order valence-corrected chi connectivity index (χ2v) is 10.2. The molecule has 2 aliphatic heterocycles. The first-order valence-electron chi connectivity index (χ1n) is 13.2. The van der Waals surface area contributed by atoms with E-state index in [1.54, 1.807) is 24.3 Å². The highest BCUT2D eigenvalue weighted by molar-refractivity contribution is 6.31. The van der Waals surface area contributed by atoms with Crippen molar-refractivity contribution in [2.45, 2.75) is 37.9 Å². The zero-order chi connectivity index (χ0) is 25.1. The molecule has 0 amide bonds. The van der Waals surface area contributed by atoms with Crippen molar-refractivity contribution in [2.75, 3.05) is 63.0 Å². The third kappa shape index (κ3) is 5.32. The number of ketones is 2. The topological polar surface area (TPSA) is 105 Å². The number of likely N-dealkylation sites (tertiary alicyclic amines) is 2. The number of aliphatic hydroxyl groups excluding tert-OH is 2. The van der Waals surface area contributed by atoms with Crippen molar-refractivity contribution in [3.8, 4) is 0 Å². The largest absolute Gasteiger partial charge is 0.392 e. The van der Waals surface area contributed by atoms with Crippen molar-refractivity contribution in [1.82, 2.24) is 9.80 Å². The molecule has 2 unspecified atom stereocenters. The number of rotatable bonds is 8. The fourth-order valence-electron chi connectivity index (χ4n) is 5.68. The zero-order valence-electron chi connectivity index (χ0n) is 20.7. The first kappa shape index (κ1) is 24.9. The Hall–Kier alpha value is -2.78. The van der Waals surface area contributed by atoms with Crippen molar-refractivity contribution in [1.29, 1.82) is 0 Å². The van der Waals surface area contributed by atoms with Crippen LogP contribution in [0.25, 0.3) is 0 Å². The van der Waals surface area contributed by atoms with E-state index >= 15 is 0 Å². The van der Waals surface area contributed by atoms with Crippen LogP contribution in [0.2, 0.25) is 0 Å². The number of β-amino-alcohol motifs (C(OH)–C–C–N with tert-alkyl or cyclic N) is 2. The molecule has 2 aromatic carbocycles. The van der Waals surface area contributed by atoms with Crippen LogP contribution >= 0.6 is 0 Å². The lowest BCUT2D eigenvalue weighted by atomic mass is 9.82. The highest BCUT2D eigenvalue weighted by Crippen LogP contribution is 2.36. The summed E-state index contributed by atoms with van der Waals surface area (Å²) in [4.78, 5) is 31.6. The maximum absolute atomic E-state index is 13.6. The van der Waals surface area contributed by atoms with Gasteiger partial charge in [-0.3, -0.25) is 19.4 Å². The van der Waals surface area contributed by atoms with Gasteiger partial charge in [-0.15, -0.1) is 0 Å². The Balaban J connectivity index is 1.35. The van der Waals surface area contributed by atoms with E-state index in [0.29, 0.717) is 59.8 Å². The average molecular weight is 493 g/mol. The Kier molecular flexibility index (Phi) is 7.67.